The Balaban J connectivity index is 2.47. The lowest BCUT2D eigenvalue weighted by Gasteiger charge is -2.06. The first-order chi connectivity index (χ1) is 6.72. The van der Waals surface area contributed by atoms with Crippen LogP contribution < -0.4 is 0 Å². The summed E-state index contributed by atoms with van der Waals surface area (Å²) in [4.78, 5) is 11.3. The van der Waals surface area contributed by atoms with Crippen LogP contribution in [-0.4, -0.2) is 12.1 Å². The van der Waals surface area contributed by atoms with E-state index in [9.17, 15) is 4.79 Å². The summed E-state index contributed by atoms with van der Waals surface area (Å²) in [5.41, 5.74) is 0.932. The van der Waals surface area contributed by atoms with Crippen molar-refractivity contribution in [2.24, 2.45) is 0 Å². The number of rotatable bonds is 3. The van der Waals surface area contributed by atoms with Crippen LogP contribution in [0.1, 0.15) is 12.5 Å². The van der Waals surface area contributed by atoms with Gasteiger partial charge in [0.1, 0.15) is 0 Å². The first-order valence-corrected chi connectivity index (χ1v) is 4.42. The molecule has 0 fully saturated rings. The van der Waals surface area contributed by atoms with Gasteiger partial charge in [-0.2, -0.15) is 0 Å². The zero-order valence-electron chi connectivity index (χ0n) is 8.07. The van der Waals surface area contributed by atoms with Crippen LogP contribution in [0.2, 0.25) is 0 Å². The van der Waals surface area contributed by atoms with E-state index >= 15 is 0 Å². The summed E-state index contributed by atoms with van der Waals surface area (Å²) < 4.78 is 4.93. The van der Waals surface area contributed by atoms with Crippen LogP contribution in [0.5, 0.6) is 0 Å². The Bertz CT molecular complexity index is 335. The molecule has 0 aromatic heterocycles. The smallest absolute Gasteiger partial charge is 0.311 e. The fourth-order valence-corrected chi connectivity index (χ4v) is 1.04. The predicted octanol–water partition coefficient (Wildman–Crippen LogP) is 1.79. The summed E-state index contributed by atoms with van der Waals surface area (Å²) in [6, 6.07) is 9.42. The van der Waals surface area contributed by atoms with E-state index in [-0.39, 0.29) is 12.4 Å². The second kappa shape index (κ2) is 5.08. The minimum Gasteiger partial charge on any atom is -0.449 e. The topological polar surface area (TPSA) is 26.3 Å². The molecule has 0 spiro atoms. The summed E-state index contributed by atoms with van der Waals surface area (Å²) in [5, 5.41) is 0. The fourth-order valence-electron chi connectivity index (χ4n) is 1.04. The number of esters is 1. The molecule has 0 saturated heterocycles. The number of ether oxygens (including phenoxy) is 1. The Morgan fingerprint density at radius 3 is 2.71 bits per heavy atom. The van der Waals surface area contributed by atoms with Crippen LogP contribution in [0.15, 0.2) is 30.3 Å². The largest absolute Gasteiger partial charge is 0.449 e. The maximum Gasteiger partial charge on any atom is 0.311 e. The Morgan fingerprint density at radius 2 is 2.14 bits per heavy atom. The molecule has 1 atom stereocenters. The van der Waals surface area contributed by atoms with Gasteiger partial charge in [-0.15, -0.1) is 6.42 Å². The van der Waals surface area contributed by atoms with E-state index < -0.39 is 6.10 Å². The Kier molecular flexibility index (Phi) is 3.75. The van der Waals surface area contributed by atoms with Crippen LogP contribution in [0.25, 0.3) is 0 Å². The molecule has 1 unspecified atom stereocenters. The molecule has 0 heterocycles. The summed E-state index contributed by atoms with van der Waals surface area (Å²) in [6.45, 7) is 1.67. The van der Waals surface area contributed by atoms with Crippen LogP contribution in [0, 0.1) is 12.3 Å². The van der Waals surface area contributed by atoms with Crippen LogP contribution in [-0.2, 0) is 16.0 Å². The summed E-state index contributed by atoms with van der Waals surface area (Å²) in [6.07, 6.45) is 4.90. The van der Waals surface area contributed by atoms with Crippen molar-refractivity contribution in [3.63, 3.8) is 0 Å². The van der Waals surface area contributed by atoms with Gasteiger partial charge in [0.05, 0.1) is 6.42 Å². The summed E-state index contributed by atoms with van der Waals surface area (Å²) in [7, 11) is 0. The zero-order chi connectivity index (χ0) is 10.4. The van der Waals surface area contributed by atoms with Crippen molar-refractivity contribution in [2.45, 2.75) is 19.4 Å². The Morgan fingerprint density at radius 1 is 1.50 bits per heavy atom. The molecule has 2 heteroatoms. The van der Waals surface area contributed by atoms with Gasteiger partial charge in [0.25, 0.3) is 0 Å². The number of hydrogen-bond donors (Lipinski definition) is 0. The highest BCUT2D eigenvalue weighted by atomic mass is 16.5. The molecule has 14 heavy (non-hydrogen) atoms. The van der Waals surface area contributed by atoms with Gasteiger partial charge >= 0.3 is 5.97 Å². The molecule has 1 rings (SSSR count). The van der Waals surface area contributed by atoms with Crippen molar-refractivity contribution in [1.82, 2.24) is 0 Å². The van der Waals surface area contributed by atoms with Crippen molar-refractivity contribution in [2.75, 3.05) is 0 Å². The number of benzene rings is 1. The molecule has 0 bridgehead atoms. The molecule has 0 amide bonds. The number of carbonyl (C=O) groups is 1. The SMILES string of the molecule is C#CC(C)OC(=O)Cc1ccccc1. The maximum atomic E-state index is 11.3. The maximum absolute atomic E-state index is 11.3. The molecule has 0 N–H and O–H groups in total. The van der Waals surface area contributed by atoms with Crippen LogP contribution in [0.3, 0.4) is 0 Å². The second-order valence-electron chi connectivity index (χ2n) is 2.96. The quantitative estimate of drug-likeness (QED) is 0.534. The third kappa shape index (κ3) is 3.32. The molecule has 0 aliphatic carbocycles. The molecule has 0 aliphatic rings. The van der Waals surface area contributed by atoms with E-state index in [0.29, 0.717) is 0 Å². The van der Waals surface area contributed by atoms with Gasteiger partial charge in [-0.1, -0.05) is 36.3 Å². The lowest BCUT2D eigenvalue weighted by Crippen LogP contribution is -2.14. The second-order valence-corrected chi connectivity index (χ2v) is 2.96. The molecule has 72 valence electrons. The first-order valence-electron chi connectivity index (χ1n) is 4.42. The fraction of sp³-hybridized carbons (Fsp3) is 0.250. The van der Waals surface area contributed by atoms with Crippen molar-refractivity contribution >= 4 is 5.97 Å². The van der Waals surface area contributed by atoms with Crippen molar-refractivity contribution < 1.29 is 9.53 Å². The van der Waals surface area contributed by atoms with Crippen LogP contribution in [0.4, 0.5) is 0 Å². The molecular weight excluding hydrogens is 176 g/mol. The normalized spacial score (nSPS) is 11.4. The number of terminal acetylenes is 1. The van der Waals surface area contributed by atoms with Crippen molar-refractivity contribution in [3.05, 3.63) is 35.9 Å². The minimum absolute atomic E-state index is 0.271. The molecule has 2 nitrogen and oxygen atoms in total. The average molecular weight is 188 g/mol. The lowest BCUT2D eigenvalue weighted by atomic mass is 10.2. The van der Waals surface area contributed by atoms with E-state index in [1.165, 1.54) is 0 Å². The van der Waals surface area contributed by atoms with Crippen molar-refractivity contribution in [1.29, 1.82) is 0 Å². The van der Waals surface area contributed by atoms with Crippen LogP contribution >= 0.6 is 0 Å². The van der Waals surface area contributed by atoms with Gasteiger partial charge in [-0.25, -0.2) is 0 Å². The molecule has 0 radical (unpaired) electrons. The van der Waals surface area contributed by atoms with E-state index in [2.05, 4.69) is 5.92 Å². The molecular formula is C12H12O2. The minimum atomic E-state index is -0.453. The van der Waals surface area contributed by atoms with Gasteiger partial charge in [0, 0.05) is 0 Å². The predicted molar refractivity (Wildman–Crippen MR) is 54.5 cm³/mol. The monoisotopic (exact) mass is 188 g/mol. The third-order valence-corrected chi connectivity index (χ3v) is 1.73. The Hall–Kier alpha value is -1.75. The van der Waals surface area contributed by atoms with E-state index in [1.54, 1.807) is 6.92 Å². The highest BCUT2D eigenvalue weighted by Gasteiger charge is 2.07. The van der Waals surface area contributed by atoms with Gasteiger partial charge in [0.15, 0.2) is 6.10 Å². The molecule has 1 aromatic carbocycles. The molecule has 0 saturated carbocycles. The van der Waals surface area contributed by atoms with Crippen molar-refractivity contribution in [3.8, 4) is 12.3 Å². The van der Waals surface area contributed by atoms with E-state index in [1.807, 2.05) is 30.3 Å². The first kappa shape index (κ1) is 10.3. The highest BCUT2D eigenvalue weighted by Crippen LogP contribution is 2.01. The number of carbonyl (C=O) groups excluding carboxylic acids is 1. The van der Waals surface area contributed by atoms with Gasteiger partial charge in [0.2, 0.25) is 0 Å². The van der Waals surface area contributed by atoms with Gasteiger partial charge in [-0.05, 0) is 12.5 Å². The standard InChI is InChI=1S/C12H12O2/c1-3-10(2)14-12(13)9-11-7-5-4-6-8-11/h1,4-8,10H,9H2,2H3. The average Bonchev–Trinajstić information content (AvgIpc) is 2.19. The summed E-state index contributed by atoms with van der Waals surface area (Å²) >= 11 is 0. The highest BCUT2D eigenvalue weighted by molar-refractivity contribution is 5.72. The summed E-state index contributed by atoms with van der Waals surface area (Å²) in [5.74, 6) is 2.05. The Labute approximate surface area is 83.9 Å². The number of hydrogen-bond acceptors (Lipinski definition) is 2. The third-order valence-electron chi connectivity index (χ3n) is 1.73. The molecule has 0 aliphatic heterocycles. The van der Waals surface area contributed by atoms with Gasteiger partial charge in [-0.3, -0.25) is 4.79 Å². The van der Waals surface area contributed by atoms with Gasteiger partial charge < -0.3 is 4.74 Å². The zero-order valence-corrected chi connectivity index (χ0v) is 8.07. The lowest BCUT2D eigenvalue weighted by molar-refractivity contribution is -0.144. The molecule has 1 aromatic rings. The van der Waals surface area contributed by atoms with E-state index in [0.717, 1.165) is 5.56 Å². The van der Waals surface area contributed by atoms with E-state index in [4.69, 9.17) is 11.2 Å².